The van der Waals surface area contributed by atoms with E-state index in [-0.39, 0.29) is 41.3 Å². The number of unbranched alkanes of at least 4 members (excludes halogenated alkanes) is 1. The Hall–Kier alpha value is -3.09. The van der Waals surface area contributed by atoms with Gasteiger partial charge in [-0.25, -0.2) is 4.79 Å². The van der Waals surface area contributed by atoms with Crippen LogP contribution in [0.15, 0.2) is 47.1 Å². The van der Waals surface area contributed by atoms with Gasteiger partial charge in [-0.3, -0.25) is 9.59 Å². The maximum Gasteiger partial charge on any atom is 0.341 e. The maximum absolute atomic E-state index is 13.9. The van der Waals surface area contributed by atoms with Crippen molar-refractivity contribution in [2.75, 3.05) is 18.6 Å². The highest BCUT2D eigenvalue weighted by molar-refractivity contribution is 6.23. The van der Waals surface area contributed by atoms with Crippen molar-refractivity contribution in [3.63, 3.8) is 0 Å². The summed E-state index contributed by atoms with van der Waals surface area (Å²) in [6.45, 7) is 6.12. The second kappa shape index (κ2) is 7.25. The summed E-state index contributed by atoms with van der Waals surface area (Å²) >= 11 is 0. The van der Waals surface area contributed by atoms with Crippen molar-refractivity contribution < 1.29 is 23.9 Å². The van der Waals surface area contributed by atoms with Crippen molar-refractivity contribution in [2.24, 2.45) is 11.1 Å². The fourth-order valence-electron chi connectivity index (χ4n) is 4.94. The van der Waals surface area contributed by atoms with Crippen LogP contribution in [0.2, 0.25) is 0 Å². The molecular weight excluding hydrogens is 396 g/mol. The molecule has 0 unspecified atom stereocenters. The maximum atomic E-state index is 13.9. The highest BCUT2D eigenvalue weighted by atomic mass is 16.5. The molecule has 4 rings (SSSR count). The van der Waals surface area contributed by atoms with Crippen LogP contribution in [0.25, 0.3) is 0 Å². The zero-order chi connectivity index (χ0) is 22.6. The lowest BCUT2D eigenvalue weighted by Crippen LogP contribution is -2.51. The summed E-state index contributed by atoms with van der Waals surface area (Å²) in [5.41, 5.74) is 5.58. The van der Waals surface area contributed by atoms with E-state index < -0.39 is 17.3 Å². The summed E-state index contributed by atoms with van der Waals surface area (Å²) in [6.07, 6.45) is 2.21. The number of hydrogen-bond donors (Lipinski definition) is 1. The molecule has 2 heterocycles. The predicted octanol–water partition coefficient (Wildman–Crippen LogP) is 3.09. The fourth-order valence-corrected chi connectivity index (χ4v) is 4.94. The number of ketones is 1. The third kappa shape index (κ3) is 2.98. The van der Waals surface area contributed by atoms with Crippen LogP contribution in [0.5, 0.6) is 0 Å². The molecule has 1 atom stereocenters. The molecule has 31 heavy (non-hydrogen) atoms. The SMILES string of the molecule is CCCCOC(=O)C1=C(N)OC2=C(C(=O)CC(C)(C)C2)[C@]12C(=O)N(C)c1ccccc12. The number of nitrogens with two attached hydrogens (primary N) is 1. The van der Waals surface area contributed by atoms with Crippen molar-refractivity contribution in [2.45, 2.75) is 51.9 Å². The monoisotopic (exact) mass is 424 g/mol. The van der Waals surface area contributed by atoms with Gasteiger partial charge in [-0.05, 0) is 17.9 Å². The van der Waals surface area contributed by atoms with Crippen molar-refractivity contribution in [1.82, 2.24) is 0 Å². The average Bonchev–Trinajstić information content (AvgIpc) is 2.90. The lowest BCUT2D eigenvalue weighted by molar-refractivity contribution is -0.141. The van der Waals surface area contributed by atoms with E-state index in [1.807, 2.05) is 26.8 Å². The van der Waals surface area contributed by atoms with E-state index in [2.05, 4.69) is 0 Å². The Labute approximate surface area is 181 Å². The number of carbonyl (C=O) groups excluding carboxylic acids is 3. The van der Waals surface area contributed by atoms with Gasteiger partial charge in [0.25, 0.3) is 0 Å². The van der Waals surface area contributed by atoms with E-state index in [0.717, 1.165) is 6.42 Å². The average molecular weight is 424 g/mol. The number of anilines is 1. The molecule has 1 aromatic rings. The summed E-state index contributed by atoms with van der Waals surface area (Å²) in [6, 6.07) is 7.17. The highest BCUT2D eigenvalue weighted by Gasteiger charge is 2.64. The summed E-state index contributed by atoms with van der Waals surface area (Å²) in [5.74, 6) is -1.15. The molecule has 0 bridgehead atoms. The molecular formula is C24H28N2O5. The number of allylic oxidation sites excluding steroid dienone is 1. The number of hydrogen-bond acceptors (Lipinski definition) is 6. The number of amides is 1. The zero-order valence-corrected chi connectivity index (χ0v) is 18.4. The van der Waals surface area contributed by atoms with E-state index in [0.29, 0.717) is 29.9 Å². The quantitative estimate of drug-likeness (QED) is 0.589. The Bertz CT molecular complexity index is 1050. The van der Waals surface area contributed by atoms with Gasteiger partial charge in [0.15, 0.2) is 5.78 Å². The van der Waals surface area contributed by atoms with Crippen molar-refractivity contribution in [1.29, 1.82) is 0 Å². The minimum Gasteiger partial charge on any atom is -0.462 e. The number of likely N-dealkylation sites (N-methyl/N-ethyl adjacent to an activating group) is 1. The second-order valence-corrected chi connectivity index (χ2v) is 9.20. The van der Waals surface area contributed by atoms with E-state index in [4.69, 9.17) is 15.2 Å². The number of carbonyl (C=O) groups is 3. The number of para-hydroxylation sites is 1. The normalized spacial score (nSPS) is 24.3. The predicted molar refractivity (Wildman–Crippen MR) is 115 cm³/mol. The first-order chi connectivity index (χ1) is 14.6. The van der Waals surface area contributed by atoms with E-state index in [1.165, 1.54) is 4.90 Å². The molecule has 3 aliphatic rings. The number of Topliss-reactive ketones (excluding diaryl/α,β-unsaturated/α-hetero) is 1. The minimum absolute atomic E-state index is 0.0998. The van der Waals surface area contributed by atoms with Crippen LogP contribution in [0.3, 0.4) is 0 Å². The molecule has 7 heteroatoms. The number of fused-ring (bicyclic) bond motifs is 3. The number of rotatable bonds is 4. The molecule has 2 aliphatic heterocycles. The molecule has 0 fully saturated rings. The van der Waals surface area contributed by atoms with Crippen LogP contribution in [-0.2, 0) is 29.3 Å². The Morgan fingerprint density at radius 2 is 1.94 bits per heavy atom. The standard InChI is InChI=1S/C24H28N2O5/c1-5-6-11-30-21(28)19-20(25)31-17-13-23(2,3)12-16(27)18(17)24(19)14-9-7-8-10-15(14)26(4)22(24)29/h7-10H,5-6,11-13,25H2,1-4H3/t24-/m0/s1. The van der Waals surface area contributed by atoms with Crippen LogP contribution in [0.1, 0.15) is 52.0 Å². The molecule has 1 aromatic carbocycles. The summed E-state index contributed by atoms with van der Waals surface area (Å²) in [7, 11) is 1.64. The fraction of sp³-hybridized carbons (Fsp3) is 0.458. The minimum atomic E-state index is -1.65. The molecule has 1 spiro atoms. The smallest absolute Gasteiger partial charge is 0.341 e. The molecule has 0 aromatic heterocycles. The Morgan fingerprint density at radius 3 is 2.65 bits per heavy atom. The molecule has 0 radical (unpaired) electrons. The largest absolute Gasteiger partial charge is 0.462 e. The van der Waals surface area contributed by atoms with E-state index in [1.54, 1.807) is 25.2 Å². The summed E-state index contributed by atoms with van der Waals surface area (Å²) < 4.78 is 11.3. The molecule has 164 valence electrons. The highest BCUT2D eigenvalue weighted by Crippen LogP contribution is 2.57. The van der Waals surface area contributed by atoms with Crippen LogP contribution < -0.4 is 10.6 Å². The van der Waals surface area contributed by atoms with Crippen molar-refractivity contribution in [3.8, 4) is 0 Å². The molecule has 1 amide bonds. The lowest BCUT2D eigenvalue weighted by Gasteiger charge is -2.42. The zero-order valence-electron chi connectivity index (χ0n) is 18.4. The third-order valence-electron chi connectivity index (χ3n) is 6.30. The van der Waals surface area contributed by atoms with Crippen molar-refractivity contribution in [3.05, 3.63) is 52.6 Å². The molecule has 1 aliphatic carbocycles. The van der Waals surface area contributed by atoms with Crippen LogP contribution in [0, 0.1) is 5.41 Å². The van der Waals surface area contributed by atoms with Gasteiger partial charge in [-0.15, -0.1) is 0 Å². The Kier molecular flexibility index (Phi) is 4.95. The number of ether oxygens (including phenoxy) is 2. The van der Waals surface area contributed by atoms with Gasteiger partial charge in [0.2, 0.25) is 11.8 Å². The molecule has 2 N–H and O–H groups in total. The van der Waals surface area contributed by atoms with Crippen LogP contribution in [-0.4, -0.2) is 31.3 Å². The topological polar surface area (TPSA) is 98.9 Å². The first-order valence-corrected chi connectivity index (χ1v) is 10.6. The van der Waals surface area contributed by atoms with Crippen LogP contribution in [0.4, 0.5) is 5.69 Å². The van der Waals surface area contributed by atoms with Gasteiger partial charge in [-0.2, -0.15) is 0 Å². The first kappa shape index (κ1) is 21.2. The van der Waals surface area contributed by atoms with Gasteiger partial charge in [-0.1, -0.05) is 45.4 Å². The van der Waals surface area contributed by atoms with Gasteiger partial charge in [0, 0.05) is 31.1 Å². The molecule has 0 saturated carbocycles. The Balaban J connectivity index is 1.99. The van der Waals surface area contributed by atoms with Crippen LogP contribution >= 0.6 is 0 Å². The van der Waals surface area contributed by atoms with E-state index >= 15 is 0 Å². The summed E-state index contributed by atoms with van der Waals surface area (Å²) in [5, 5.41) is 0. The summed E-state index contributed by atoms with van der Waals surface area (Å²) in [4.78, 5) is 42.1. The number of benzene rings is 1. The lowest BCUT2D eigenvalue weighted by atomic mass is 9.62. The van der Waals surface area contributed by atoms with Gasteiger partial charge < -0.3 is 20.1 Å². The second-order valence-electron chi connectivity index (χ2n) is 9.20. The number of esters is 1. The first-order valence-electron chi connectivity index (χ1n) is 10.6. The third-order valence-corrected chi connectivity index (χ3v) is 6.30. The van der Waals surface area contributed by atoms with Gasteiger partial charge in [0.1, 0.15) is 16.7 Å². The molecule has 0 saturated heterocycles. The molecule has 7 nitrogen and oxygen atoms in total. The van der Waals surface area contributed by atoms with Crippen molar-refractivity contribution >= 4 is 23.3 Å². The van der Waals surface area contributed by atoms with Gasteiger partial charge >= 0.3 is 5.97 Å². The Morgan fingerprint density at radius 1 is 1.23 bits per heavy atom. The number of nitrogens with zero attached hydrogens (tertiary/aromatic N) is 1. The van der Waals surface area contributed by atoms with Gasteiger partial charge in [0.05, 0.1) is 12.2 Å². The van der Waals surface area contributed by atoms with E-state index in [9.17, 15) is 14.4 Å².